The van der Waals surface area contributed by atoms with Crippen molar-refractivity contribution >= 4 is 51.8 Å². The number of carbonyl (C=O) groups excluding carboxylic acids is 1. The molecule has 0 bridgehead atoms. The van der Waals surface area contributed by atoms with Gasteiger partial charge < -0.3 is 15.5 Å². The Kier molecular flexibility index (Phi) is 8.81. The fourth-order valence-electron chi connectivity index (χ4n) is 3.19. The Morgan fingerprint density at radius 2 is 1.96 bits per heavy atom. The minimum atomic E-state index is 0. The molecule has 0 radical (unpaired) electrons. The van der Waals surface area contributed by atoms with Crippen LogP contribution in [-0.2, 0) is 11.3 Å². The summed E-state index contributed by atoms with van der Waals surface area (Å²) < 4.78 is 1.10. The zero-order valence-electron chi connectivity index (χ0n) is 16.0. The summed E-state index contributed by atoms with van der Waals surface area (Å²) in [6.07, 6.45) is 2.28. The Morgan fingerprint density at radius 3 is 2.56 bits per heavy atom. The van der Waals surface area contributed by atoms with Gasteiger partial charge in [0.05, 0.1) is 6.54 Å². The van der Waals surface area contributed by atoms with Gasteiger partial charge in [-0.1, -0.05) is 22.0 Å². The Balaban J connectivity index is 0.00000261. The van der Waals surface area contributed by atoms with Crippen LogP contribution in [0.2, 0.25) is 0 Å². The average Bonchev–Trinajstić information content (AvgIpc) is 3.42. The van der Waals surface area contributed by atoms with Gasteiger partial charge in [-0.25, -0.2) is 0 Å². The molecular weight excluding hydrogens is 521 g/mol. The number of piperazine rings is 1. The van der Waals surface area contributed by atoms with Crippen LogP contribution >= 0.6 is 39.9 Å². The van der Waals surface area contributed by atoms with E-state index in [-0.39, 0.29) is 29.9 Å². The van der Waals surface area contributed by atoms with Gasteiger partial charge in [0, 0.05) is 50.3 Å². The van der Waals surface area contributed by atoms with Crippen LogP contribution in [0.1, 0.15) is 24.0 Å². The number of aryl methyl sites for hydroxylation is 1. The molecule has 8 heteroatoms. The molecule has 3 rings (SSSR count). The molecule has 150 valence electrons. The van der Waals surface area contributed by atoms with Crippen LogP contribution < -0.4 is 10.6 Å². The monoisotopic (exact) mass is 549 g/mol. The first-order valence-electron chi connectivity index (χ1n) is 9.27. The van der Waals surface area contributed by atoms with Crippen molar-refractivity contribution in [1.29, 1.82) is 0 Å². The van der Waals surface area contributed by atoms with Gasteiger partial charge in [-0.15, -0.1) is 24.0 Å². The van der Waals surface area contributed by atoms with Crippen molar-refractivity contribution in [3.05, 3.63) is 33.8 Å². The molecule has 1 aliphatic heterocycles. The van der Waals surface area contributed by atoms with E-state index in [0.717, 1.165) is 56.0 Å². The zero-order valence-corrected chi connectivity index (χ0v) is 19.9. The van der Waals surface area contributed by atoms with Crippen LogP contribution in [-0.4, -0.2) is 67.5 Å². The molecule has 27 heavy (non-hydrogen) atoms. The van der Waals surface area contributed by atoms with E-state index in [1.165, 1.54) is 11.1 Å². The van der Waals surface area contributed by atoms with Crippen LogP contribution in [0.5, 0.6) is 0 Å². The molecule has 1 aromatic rings. The summed E-state index contributed by atoms with van der Waals surface area (Å²) in [6.45, 7) is 6.93. The maximum Gasteiger partial charge on any atom is 0.234 e. The Labute approximate surface area is 187 Å². The number of hydrogen-bond acceptors (Lipinski definition) is 3. The first-order valence-corrected chi connectivity index (χ1v) is 10.1. The highest BCUT2D eigenvalue weighted by Gasteiger charge is 2.25. The zero-order chi connectivity index (χ0) is 18.5. The van der Waals surface area contributed by atoms with Gasteiger partial charge in [0.2, 0.25) is 5.91 Å². The van der Waals surface area contributed by atoms with Gasteiger partial charge >= 0.3 is 0 Å². The van der Waals surface area contributed by atoms with Crippen molar-refractivity contribution < 1.29 is 4.79 Å². The van der Waals surface area contributed by atoms with Crippen molar-refractivity contribution in [2.24, 2.45) is 4.99 Å². The maximum atomic E-state index is 11.9. The molecule has 1 aliphatic carbocycles. The van der Waals surface area contributed by atoms with Crippen molar-refractivity contribution in [3.63, 3.8) is 0 Å². The van der Waals surface area contributed by atoms with Gasteiger partial charge in [0.25, 0.3) is 0 Å². The van der Waals surface area contributed by atoms with Gasteiger partial charge in [-0.2, -0.15) is 0 Å². The number of hydrogen-bond donors (Lipinski definition) is 2. The second-order valence-corrected chi connectivity index (χ2v) is 7.99. The Morgan fingerprint density at radius 1 is 1.26 bits per heavy atom. The van der Waals surface area contributed by atoms with E-state index in [0.29, 0.717) is 12.6 Å². The standard InChI is InChI=1S/C19H28BrN5O.HI/c1-14-11-16(20)4-3-15(14)12-22-19(21-2)25-9-7-24(8-10-25)13-18(26)23-17-5-6-17;/h3-4,11,17H,5-10,12-13H2,1-2H3,(H,21,22)(H,23,26);1H. The predicted octanol–water partition coefficient (Wildman–Crippen LogP) is 2.35. The second kappa shape index (κ2) is 10.6. The summed E-state index contributed by atoms with van der Waals surface area (Å²) in [5.74, 6) is 1.09. The first kappa shape index (κ1) is 22.4. The number of carbonyl (C=O) groups is 1. The molecule has 0 spiro atoms. The van der Waals surface area contributed by atoms with Gasteiger partial charge in [0.15, 0.2) is 5.96 Å². The normalized spacial score (nSPS) is 18.0. The third-order valence-electron chi connectivity index (χ3n) is 4.93. The molecular formula is C19H29BrIN5O. The Bertz CT molecular complexity index is 672. The first-order chi connectivity index (χ1) is 12.5. The third-order valence-corrected chi connectivity index (χ3v) is 5.43. The highest BCUT2D eigenvalue weighted by molar-refractivity contribution is 14.0. The molecule has 1 amide bonds. The molecule has 1 saturated heterocycles. The number of rotatable bonds is 5. The summed E-state index contributed by atoms with van der Waals surface area (Å²) in [4.78, 5) is 20.9. The van der Waals surface area contributed by atoms with E-state index in [2.05, 4.69) is 66.5 Å². The van der Waals surface area contributed by atoms with Crippen LogP contribution in [0.3, 0.4) is 0 Å². The fourth-order valence-corrected chi connectivity index (χ4v) is 3.66. The van der Waals surface area contributed by atoms with Gasteiger partial charge in [-0.3, -0.25) is 14.7 Å². The second-order valence-electron chi connectivity index (χ2n) is 7.08. The fraction of sp³-hybridized carbons (Fsp3) is 0.579. The molecule has 0 aromatic heterocycles. The number of aliphatic imine (C=N–C) groups is 1. The largest absolute Gasteiger partial charge is 0.352 e. The molecule has 1 heterocycles. The lowest BCUT2D eigenvalue weighted by Crippen LogP contribution is -2.54. The average molecular weight is 550 g/mol. The molecule has 2 fully saturated rings. The number of benzene rings is 1. The summed E-state index contributed by atoms with van der Waals surface area (Å²) in [5, 5.41) is 6.53. The highest BCUT2D eigenvalue weighted by Crippen LogP contribution is 2.18. The van der Waals surface area contributed by atoms with Crippen LogP contribution in [0.4, 0.5) is 0 Å². The molecule has 0 atom stereocenters. The number of nitrogens with zero attached hydrogens (tertiary/aromatic N) is 3. The number of nitrogens with one attached hydrogen (secondary N) is 2. The van der Waals surface area contributed by atoms with E-state index in [1.807, 2.05) is 7.05 Å². The molecule has 2 N–H and O–H groups in total. The summed E-state index contributed by atoms with van der Waals surface area (Å²) in [7, 11) is 1.83. The van der Waals surface area contributed by atoms with E-state index >= 15 is 0 Å². The SMILES string of the molecule is CN=C(NCc1ccc(Br)cc1C)N1CCN(CC(=O)NC2CC2)CC1.I. The lowest BCUT2D eigenvalue weighted by molar-refractivity contribution is -0.122. The quantitative estimate of drug-likeness (QED) is 0.336. The topological polar surface area (TPSA) is 60.0 Å². The van der Waals surface area contributed by atoms with E-state index in [9.17, 15) is 4.79 Å². The van der Waals surface area contributed by atoms with E-state index in [4.69, 9.17) is 0 Å². The van der Waals surface area contributed by atoms with E-state index < -0.39 is 0 Å². The molecule has 2 aliphatic rings. The molecule has 1 saturated carbocycles. The van der Waals surface area contributed by atoms with Gasteiger partial charge in [0.1, 0.15) is 0 Å². The van der Waals surface area contributed by atoms with Crippen molar-refractivity contribution in [2.45, 2.75) is 32.4 Å². The number of amides is 1. The van der Waals surface area contributed by atoms with Gasteiger partial charge in [-0.05, 0) is 43.0 Å². The summed E-state index contributed by atoms with van der Waals surface area (Å²) in [5.41, 5.74) is 2.53. The Hall–Kier alpha value is -0.870. The predicted molar refractivity (Wildman–Crippen MR) is 124 cm³/mol. The minimum Gasteiger partial charge on any atom is -0.352 e. The lowest BCUT2D eigenvalue weighted by atomic mass is 10.1. The maximum absolute atomic E-state index is 11.9. The molecule has 6 nitrogen and oxygen atoms in total. The van der Waals surface area contributed by atoms with Crippen LogP contribution in [0, 0.1) is 6.92 Å². The van der Waals surface area contributed by atoms with Crippen molar-refractivity contribution in [1.82, 2.24) is 20.4 Å². The molecule has 1 aromatic carbocycles. The lowest BCUT2D eigenvalue weighted by Gasteiger charge is -2.36. The third kappa shape index (κ3) is 6.90. The number of guanidine groups is 1. The van der Waals surface area contributed by atoms with Crippen LogP contribution in [0.15, 0.2) is 27.7 Å². The van der Waals surface area contributed by atoms with Crippen molar-refractivity contribution in [2.75, 3.05) is 39.8 Å². The smallest absolute Gasteiger partial charge is 0.234 e. The summed E-state index contributed by atoms with van der Waals surface area (Å²) >= 11 is 3.51. The number of halogens is 2. The van der Waals surface area contributed by atoms with Crippen molar-refractivity contribution in [3.8, 4) is 0 Å². The minimum absolute atomic E-state index is 0. The molecule has 0 unspecified atom stereocenters. The van der Waals surface area contributed by atoms with Crippen LogP contribution in [0.25, 0.3) is 0 Å². The summed E-state index contributed by atoms with van der Waals surface area (Å²) in [6, 6.07) is 6.77. The highest BCUT2D eigenvalue weighted by atomic mass is 127. The van der Waals surface area contributed by atoms with E-state index in [1.54, 1.807) is 0 Å².